The van der Waals surface area contributed by atoms with Gasteiger partial charge in [0.05, 0.1) is 20.3 Å². The summed E-state index contributed by atoms with van der Waals surface area (Å²) in [6.07, 6.45) is 9.74. The van der Waals surface area contributed by atoms with Gasteiger partial charge in [-0.3, -0.25) is 4.79 Å². The molecule has 1 spiro atoms. The average molecular weight is 459 g/mol. The van der Waals surface area contributed by atoms with Crippen LogP contribution < -0.4 is 19.5 Å². The molecule has 2 aliphatic carbocycles. The molecule has 2 aromatic rings. The maximum Gasteiger partial charge on any atom is 0.244 e. The van der Waals surface area contributed by atoms with Gasteiger partial charge >= 0.3 is 0 Å². The third kappa shape index (κ3) is 3.01. The lowest BCUT2D eigenvalue weighted by atomic mass is 9.53. The summed E-state index contributed by atoms with van der Waals surface area (Å²) >= 11 is 0. The van der Waals surface area contributed by atoms with E-state index in [1.54, 1.807) is 20.3 Å². The maximum atomic E-state index is 12.9. The molecule has 1 saturated heterocycles. The van der Waals surface area contributed by atoms with Gasteiger partial charge in [-0.25, -0.2) is 0 Å². The molecule has 0 saturated carbocycles. The first-order chi connectivity index (χ1) is 16.5. The highest BCUT2D eigenvalue weighted by atomic mass is 16.5. The number of piperidine rings is 1. The first-order valence-corrected chi connectivity index (χ1v) is 11.9. The van der Waals surface area contributed by atoms with Crippen molar-refractivity contribution in [2.75, 3.05) is 27.8 Å². The normalized spacial score (nSPS) is 30.6. The van der Waals surface area contributed by atoms with E-state index in [9.17, 15) is 4.79 Å². The number of ether oxygens (including phenoxy) is 3. The minimum absolute atomic E-state index is 0.132. The Morgan fingerprint density at radius 3 is 2.74 bits per heavy atom. The highest BCUT2D eigenvalue weighted by molar-refractivity contribution is 5.92. The van der Waals surface area contributed by atoms with Crippen LogP contribution in [-0.2, 0) is 16.6 Å². The summed E-state index contributed by atoms with van der Waals surface area (Å²) in [5, 5.41) is 3.21. The molecular formula is C28H30N2O4. The number of nitrogens with zero attached hydrogens (tertiary/aromatic N) is 1. The first kappa shape index (κ1) is 21.3. The smallest absolute Gasteiger partial charge is 0.244 e. The van der Waals surface area contributed by atoms with Crippen LogP contribution in [-0.4, -0.2) is 56.8 Å². The van der Waals surface area contributed by atoms with E-state index in [1.165, 1.54) is 11.1 Å². The van der Waals surface area contributed by atoms with Gasteiger partial charge in [0.15, 0.2) is 11.5 Å². The summed E-state index contributed by atoms with van der Waals surface area (Å²) in [7, 11) is 5.56. The number of likely N-dealkylation sites (tertiary alicyclic amines) is 1. The highest BCUT2D eigenvalue weighted by Gasteiger charge is 2.64. The molecule has 6 rings (SSSR count). The van der Waals surface area contributed by atoms with E-state index in [1.807, 2.05) is 36.4 Å². The third-order valence-electron chi connectivity index (χ3n) is 8.23. The number of rotatable bonds is 5. The number of amides is 1. The molecule has 6 heteroatoms. The molecule has 1 N–H and O–H groups in total. The number of carbonyl (C=O) groups excluding carboxylic acids is 1. The van der Waals surface area contributed by atoms with Gasteiger partial charge in [0.25, 0.3) is 0 Å². The molecular weight excluding hydrogens is 428 g/mol. The lowest BCUT2D eigenvalue weighted by Gasteiger charge is -2.57. The second-order valence-electron chi connectivity index (χ2n) is 9.76. The Balaban J connectivity index is 1.31. The van der Waals surface area contributed by atoms with E-state index in [0.717, 1.165) is 42.2 Å². The molecule has 4 aliphatic rings. The van der Waals surface area contributed by atoms with Crippen LogP contribution in [0.15, 0.2) is 54.6 Å². The zero-order chi connectivity index (χ0) is 23.4. The number of likely N-dealkylation sites (N-methyl/N-ethyl adjacent to an activating group) is 1. The molecule has 1 amide bonds. The van der Waals surface area contributed by atoms with Crippen LogP contribution in [0.5, 0.6) is 17.2 Å². The second kappa shape index (κ2) is 7.91. The Kier molecular flexibility index (Phi) is 4.96. The van der Waals surface area contributed by atoms with E-state index >= 15 is 0 Å². The number of methoxy groups -OCH3 is 2. The molecule has 2 heterocycles. The van der Waals surface area contributed by atoms with E-state index in [-0.39, 0.29) is 23.5 Å². The van der Waals surface area contributed by atoms with E-state index in [4.69, 9.17) is 14.2 Å². The van der Waals surface area contributed by atoms with Crippen molar-refractivity contribution in [3.8, 4) is 17.2 Å². The second-order valence-corrected chi connectivity index (χ2v) is 9.76. The zero-order valence-corrected chi connectivity index (χ0v) is 19.8. The maximum absolute atomic E-state index is 12.9. The Bertz CT molecular complexity index is 1190. The fourth-order valence-electron chi connectivity index (χ4n) is 6.64. The van der Waals surface area contributed by atoms with Crippen LogP contribution in [0.3, 0.4) is 0 Å². The molecule has 176 valence electrons. The average Bonchev–Trinajstić information content (AvgIpc) is 3.21. The van der Waals surface area contributed by atoms with Gasteiger partial charge in [0.2, 0.25) is 5.91 Å². The van der Waals surface area contributed by atoms with Crippen LogP contribution >= 0.6 is 0 Å². The number of hydrogen-bond donors (Lipinski definition) is 1. The number of benzene rings is 2. The fraction of sp³-hybridized carbons (Fsp3) is 0.393. The Morgan fingerprint density at radius 2 is 1.97 bits per heavy atom. The molecule has 2 aromatic carbocycles. The minimum Gasteiger partial charge on any atom is -0.497 e. The summed E-state index contributed by atoms with van der Waals surface area (Å²) in [5.41, 5.74) is 3.47. The molecule has 6 nitrogen and oxygen atoms in total. The van der Waals surface area contributed by atoms with Gasteiger partial charge in [-0.2, -0.15) is 0 Å². The Morgan fingerprint density at radius 1 is 1.15 bits per heavy atom. The van der Waals surface area contributed by atoms with Crippen molar-refractivity contribution in [1.29, 1.82) is 0 Å². The van der Waals surface area contributed by atoms with Crippen molar-refractivity contribution < 1.29 is 19.0 Å². The largest absolute Gasteiger partial charge is 0.497 e. The molecule has 0 radical (unpaired) electrons. The molecule has 0 unspecified atom stereocenters. The molecule has 2 aliphatic heterocycles. The van der Waals surface area contributed by atoms with Gasteiger partial charge in [-0.1, -0.05) is 30.4 Å². The van der Waals surface area contributed by atoms with Crippen molar-refractivity contribution in [3.05, 3.63) is 71.3 Å². The van der Waals surface area contributed by atoms with Gasteiger partial charge < -0.3 is 24.4 Å². The lowest BCUT2D eigenvalue weighted by Crippen LogP contribution is -2.66. The van der Waals surface area contributed by atoms with E-state index in [0.29, 0.717) is 12.0 Å². The Hall–Kier alpha value is -3.25. The topological polar surface area (TPSA) is 60.0 Å². The van der Waals surface area contributed by atoms with E-state index in [2.05, 4.69) is 35.5 Å². The summed E-state index contributed by atoms with van der Waals surface area (Å²) < 4.78 is 17.6. The SMILES string of the molecule is COc1ccc(/C=C/C(=O)N[C@@H]2C=C[C@H]3[C@H]4Cc5ccc(OC)c6c5[C@@]3(CCN4C)[C@H]2O6)cc1. The predicted octanol–water partition coefficient (Wildman–Crippen LogP) is 3.35. The lowest BCUT2D eigenvalue weighted by molar-refractivity contribution is -0.118. The minimum atomic E-state index is -0.212. The standard InChI is InChI=1S/C28H30N2O4/c1-30-15-14-28-20-10-11-21(29-24(31)13-6-17-4-8-19(32-2)9-5-17)27(28)34-26-23(33-3)12-7-18(25(26)28)16-22(20)30/h4-13,20-22,27H,14-16H2,1-3H3,(H,29,31)/b13-6+/t20-,21+,22+,27-,28-/m0/s1. The first-order valence-electron chi connectivity index (χ1n) is 11.9. The number of carbonyl (C=O) groups is 1. The van der Waals surface area contributed by atoms with E-state index < -0.39 is 0 Å². The molecule has 1 fully saturated rings. The van der Waals surface area contributed by atoms with Crippen molar-refractivity contribution in [2.45, 2.75) is 36.4 Å². The van der Waals surface area contributed by atoms with Crippen LogP contribution in [0.4, 0.5) is 0 Å². The predicted molar refractivity (Wildman–Crippen MR) is 130 cm³/mol. The summed E-state index contributed by atoms with van der Waals surface area (Å²) in [6, 6.07) is 12.1. The third-order valence-corrected chi connectivity index (χ3v) is 8.23. The fourth-order valence-corrected chi connectivity index (χ4v) is 6.64. The number of hydrogen-bond acceptors (Lipinski definition) is 5. The van der Waals surface area contributed by atoms with Crippen LogP contribution in [0.1, 0.15) is 23.1 Å². The zero-order valence-electron chi connectivity index (χ0n) is 19.8. The molecule has 34 heavy (non-hydrogen) atoms. The van der Waals surface area contributed by atoms with Crippen molar-refractivity contribution >= 4 is 12.0 Å². The quantitative estimate of drug-likeness (QED) is 0.550. The monoisotopic (exact) mass is 458 g/mol. The summed E-state index contributed by atoms with van der Waals surface area (Å²) in [6.45, 7) is 1.02. The van der Waals surface area contributed by atoms with Crippen LogP contribution in [0.2, 0.25) is 0 Å². The highest BCUT2D eigenvalue weighted by Crippen LogP contribution is 2.62. The Labute approximate surface area is 200 Å². The summed E-state index contributed by atoms with van der Waals surface area (Å²) in [5.74, 6) is 2.67. The van der Waals surface area contributed by atoms with Crippen molar-refractivity contribution in [1.82, 2.24) is 10.2 Å². The van der Waals surface area contributed by atoms with Crippen LogP contribution in [0, 0.1) is 5.92 Å². The molecule has 0 aromatic heterocycles. The van der Waals surface area contributed by atoms with Crippen molar-refractivity contribution in [2.24, 2.45) is 5.92 Å². The van der Waals surface area contributed by atoms with Gasteiger partial charge in [0, 0.05) is 29.0 Å². The van der Waals surface area contributed by atoms with Crippen molar-refractivity contribution in [3.63, 3.8) is 0 Å². The molecule has 2 bridgehead atoms. The van der Waals surface area contributed by atoms with Gasteiger partial charge in [0.1, 0.15) is 11.9 Å². The summed E-state index contributed by atoms with van der Waals surface area (Å²) in [4.78, 5) is 15.4. The molecule has 5 atom stereocenters. The van der Waals surface area contributed by atoms with Gasteiger partial charge in [-0.15, -0.1) is 0 Å². The number of nitrogens with one attached hydrogen (secondary N) is 1. The van der Waals surface area contributed by atoms with Crippen LogP contribution in [0.25, 0.3) is 6.08 Å². The van der Waals surface area contributed by atoms with Gasteiger partial charge in [-0.05, 0) is 61.8 Å².